The Hall–Kier alpha value is -1.02. The summed E-state index contributed by atoms with van der Waals surface area (Å²) in [5.41, 5.74) is 2.99. The minimum absolute atomic E-state index is 0.0883. The lowest BCUT2D eigenvalue weighted by molar-refractivity contribution is -0.0226. The van der Waals surface area contributed by atoms with Gasteiger partial charge in [-0.3, -0.25) is 0 Å². The zero-order chi connectivity index (χ0) is 13.9. The van der Waals surface area contributed by atoms with E-state index in [-0.39, 0.29) is 11.5 Å². The fraction of sp³-hybridized carbons (Fsp3) is 0.667. The van der Waals surface area contributed by atoms with Crippen LogP contribution in [-0.2, 0) is 6.42 Å². The number of rotatable bonds is 0. The number of fused-ring (bicyclic) bond motifs is 5. The molecule has 20 heavy (non-hydrogen) atoms. The Bertz CT molecular complexity index is 538. The molecule has 0 bridgehead atoms. The van der Waals surface area contributed by atoms with Gasteiger partial charge in [-0.15, -0.1) is 0 Å². The summed E-state index contributed by atoms with van der Waals surface area (Å²) in [5.74, 6) is 2.49. The molecule has 0 aromatic heterocycles. The van der Waals surface area contributed by atoms with Crippen molar-refractivity contribution in [3.8, 4) is 5.75 Å². The van der Waals surface area contributed by atoms with Gasteiger partial charge in [0.15, 0.2) is 0 Å². The predicted molar refractivity (Wildman–Crippen MR) is 78.7 cm³/mol. The number of hydrogen-bond acceptors (Lipinski definition) is 2. The molecule has 2 fully saturated rings. The Kier molecular flexibility index (Phi) is 2.69. The number of aliphatic hydroxyl groups is 1. The molecule has 1 aromatic rings. The molecule has 0 amide bonds. The van der Waals surface area contributed by atoms with Gasteiger partial charge in [0.2, 0.25) is 0 Å². The molecule has 0 saturated heterocycles. The first-order valence-corrected chi connectivity index (χ1v) is 8.09. The second kappa shape index (κ2) is 4.24. The van der Waals surface area contributed by atoms with Gasteiger partial charge in [0, 0.05) is 0 Å². The van der Waals surface area contributed by atoms with Crippen molar-refractivity contribution in [2.75, 3.05) is 0 Å². The largest absolute Gasteiger partial charge is 0.508 e. The summed E-state index contributed by atoms with van der Waals surface area (Å²) in [6.45, 7) is 2.32. The van der Waals surface area contributed by atoms with E-state index in [4.69, 9.17) is 0 Å². The monoisotopic (exact) mass is 272 g/mol. The van der Waals surface area contributed by atoms with E-state index < -0.39 is 0 Å². The Morgan fingerprint density at radius 3 is 2.85 bits per heavy atom. The molecule has 0 spiro atoms. The molecule has 108 valence electrons. The van der Waals surface area contributed by atoms with E-state index in [1.165, 1.54) is 30.4 Å². The number of phenols is 1. The van der Waals surface area contributed by atoms with Crippen LogP contribution in [0, 0.1) is 17.3 Å². The summed E-state index contributed by atoms with van der Waals surface area (Å²) < 4.78 is 0. The highest BCUT2D eigenvalue weighted by Gasteiger charge is 2.54. The number of aromatic hydroxyl groups is 1. The second-order valence-electron chi connectivity index (χ2n) is 7.44. The average Bonchev–Trinajstić information content (AvgIpc) is 2.74. The van der Waals surface area contributed by atoms with Crippen molar-refractivity contribution in [3.05, 3.63) is 29.3 Å². The van der Waals surface area contributed by atoms with Crippen LogP contribution in [0.3, 0.4) is 0 Å². The molecule has 0 unspecified atom stereocenters. The van der Waals surface area contributed by atoms with Crippen molar-refractivity contribution in [2.45, 2.75) is 57.5 Å². The van der Waals surface area contributed by atoms with E-state index in [1.54, 1.807) is 0 Å². The van der Waals surface area contributed by atoms with E-state index in [2.05, 4.69) is 13.0 Å². The maximum Gasteiger partial charge on any atom is 0.115 e. The van der Waals surface area contributed by atoms with Crippen molar-refractivity contribution < 1.29 is 10.2 Å². The molecular weight excluding hydrogens is 248 g/mol. The third-order valence-corrected chi connectivity index (χ3v) is 6.66. The summed E-state index contributed by atoms with van der Waals surface area (Å²) in [5, 5.41) is 20.0. The van der Waals surface area contributed by atoms with E-state index in [0.717, 1.165) is 25.2 Å². The third-order valence-electron chi connectivity index (χ3n) is 6.66. The van der Waals surface area contributed by atoms with Crippen LogP contribution < -0.4 is 0 Å². The van der Waals surface area contributed by atoms with E-state index in [9.17, 15) is 10.2 Å². The lowest BCUT2D eigenvalue weighted by Gasteiger charge is -2.50. The van der Waals surface area contributed by atoms with Crippen molar-refractivity contribution in [1.82, 2.24) is 0 Å². The summed E-state index contributed by atoms with van der Waals surface area (Å²) in [4.78, 5) is 0. The highest BCUT2D eigenvalue weighted by Crippen LogP contribution is 2.60. The standard InChI is InChI=1S/C18H24O2/c1-18-9-8-14-13-5-3-12(19)10-11(13)2-4-15(14)16(18)6-7-17(18)20/h3,5,10,14-17,19-20H,2,4,6-9H2,1H3/t14-,15-,16-,17-,18-/m0/s1. The van der Waals surface area contributed by atoms with Crippen molar-refractivity contribution >= 4 is 0 Å². The first kappa shape index (κ1) is 12.7. The van der Waals surface area contributed by atoms with Crippen LogP contribution >= 0.6 is 0 Å². The molecule has 0 radical (unpaired) electrons. The summed E-state index contributed by atoms with van der Waals surface area (Å²) in [6, 6.07) is 5.96. The zero-order valence-electron chi connectivity index (χ0n) is 12.2. The highest BCUT2D eigenvalue weighted by molar-refractivity contribution is 5.40. The molecule has 4 rings (SSSR count). The quantitative estimate of drug-likeness (QED) is 0.757. The Labute approximate surface area is 120 Å². The van der Waals surface area contributed by atoms with Gasteiger partial charge in [-0.25, -0.2) is 0 Å². The minimum atomic E-state index is -0.0883. The van der Waals surface area contributed by atoms with E-state index in [0.29, 0.717) is 17.6 Å². The van der Waals surface area contributed by atoms with Crippen LogP contribution in [0.2, 0.25) is 0 Å². The average molecular weight is 272 g/mol. The minimum Gasteiger partial charge on any atom is -0.508 e. The van der Waals surface area contributed by atoms with Gasteiger partial charge in [0.25, 0.3) is 0 Å². The van der Waals surface area contributed by atoms with Crippen molar-refractivity contribution in [1.29, 1.82) is 0 Å². The highest BCUT2D eigenvalue weighted by atomic mass is 16.3. The number of phenolic OH excluding ortho intramolecular Hbond substituents is 1. The fourth-order valence-electron chi connectivity index (χ4n) is 5.54. The van der Waals surface area contributed by atoms with Gasteiger partial charge in [-0.1, -0.05) is 13.0 Å². The van der Waals surface area contributed by atoms with Crippen LogP contribution in [0.25, 0.3) is 0 Å². The van der Waals surface area contributed by atoms with Crippen LogP contribution in [0.5, 0.6) is 5.75 Å². The number of hydrogen-bond donors (Lipinski definition) is 2. The van der Waals surface area contributed by atoms with Crippen molar-refractivity contribution in [2.24, 2.45) is 17.3 Å². The van der Waals surface area contributed by atoms with Gasteiger partial charge >= 0.3 is 0 Å². The summed E-state index contributed by atoms with van der Waals surface area (Å²) in [7, 11) is 0. The lowest BCUT2D eigenvalue weighted by atomic mass is 9.55. The lowest BCUT2D eigenvalue weighted by Crippen LogP contribution is -2.43. The molecule has 2 saturated carbocycles. The number of benzene rings is 1. The second-order valence-corrected chi connectivity index (χ2v) is 7.44. The molecule has 3 aliphatic carbocycles. The summed E-state index contributed by atoms with van der Waals surface area (Å²) >= 11 is 0. The van der Waals surface area contributed by atoms with Crippen LogP contribution in [0.15, 0.2) is 18.2 Å². The maximum atomic E-state index is 10.4. The number of aliphatic hydroxyl groups excluding tert-OH is 1. The fourth-order valence-corrected chi connectivity index (χ4v) is 5.54. The molecule has 2 N–H and O–H groups in total. The predicted octanol–water partition coefficient (Wildman–Crippen LogP) is 3.61. The van der Waals surface area contributed by atoms with E-state index >= 15 is 0 Å². The molecular formula is C18H24O2. The van der Waals surface area contributed by atoms with Crippen LogP contribution in [-0.4, -0.2) is 16.3 Å². The topological polar surface area (TPSA) is 40.5 Å². The molecule has 3 aliphatic rings. The normalized spacial score (nSPS) is 42.7. The molecule has 1 aromatic carbocycles. The molecule has 0 aliphatic heterocycles. The maximum absolute atomic E-state index is 10.4. The van der Waals surface area contributed by atoms with Gasteiger partial charge in [0.05, 0.1) is 6.10 Å². The van der Waals surface area contributed by atoms with Gasteiger partial charge < -0.3 is 10.2 Å². The third kappa shape index (κ3) is 1.60. The smallest absolute Gasteiger partial charge is 0.115 e. The zero-order valence-corrected chi connectivity index (χ0v) is 12.2. The van der Waals surface area contributed by atoms with Gasteiger partial charge in [0.1, 0.15) is 5.75 Å². The van der Waals surface area contributed by atoms with Crippen LogP contribution in [0.1, 0.15) is 56.1 Å². The Morgan fingerprint density at radius 2 is 2.00 bits per heavy atom. The Balaban J connectivity index is 1.71. The Morgan fingerprint density at radius 1 is 1.15 bits per heavy atom. The first-order valence-electron chi connectivity index (χ1n) is 8.09. The van der Waals surface area contributed by atoms with Gasteiger partial charge in [-0.2, -0.15) is 0 Å². The van der Waals surface area contributed by atoms with Crippen LogP contribution in [0.4, 0.5) is 0 Å². The van der Waals surface area contributed by atoms with Crippen molar-refractivity contribution in [3.63, 3.8) is 0 Å². The van der Waals surface area contributed by atoms with Gasteiger partial charge in [-0.05, 0) is 85.0 Å². The molecule has 2 heteroatoms. The first-order chi connectivity index (χ1) is 9.59. The molecule has 0 heterocycles. The SMILES string of the molecule is C[C@]12CC[C@H]3c4ccc(O)cc4CC[C@@H]3[C@@H]1CC[C@@H]2O. The molecule has 5 atom stereocenters. The molecule has 2 nitrogen and oxygen atoms in total. The number of aryl methyl sites for hydroxylation is 1. The van der Waals surface area contributed by atoms with E-state index in [1.807, 2.05) is 12.1 Å². The summed E-state index contributed by atoms with van der Waals surface area (Å²) in [6.07, 6.45) is 6.78.